The molecule has 2 aromatic rings. The number of thiophene rings is 1. The van der Waals surface area contributed by atoms with Gasteiger partial charge in [0, 0.05) is 10.1 Å². The van der Waals surface area contributed by atoms with Crippen molar-refractivity contribution >= 4 is 43.4 Å². The third-order valence-electron chi connectivity index (χ3n) is 2.63. The third kappa shape index (κ3) is 4.26. The first-order valence-electron chi connectivity index (χ1n) is 6.17. The molecular formula is C13H12N4O4S2. The van der Waals surface area contributed by atoms with E-state index < -0.39 is 22.0 Å². The molecule has 0 fully saturated rings. The molecule has 0 radical (unpaired) electrons. The molecule has 0 unspecified atom stereocenters. The lowest BCUT2D eigenvalue weighted by molar-refractivity contribution is 0.100. The maximum atomic E-state index is 12.0. The predicted octanol–water partition coefficient (Wildman–Crippen LogP) is 1.02. The number of nitrogens with two attached hydrogens (primary N) is 1. The number of hydrogen-bond donors (Lipinski definition) is 2. The zero-order valence-electron chi connectivity index (χ0n) is 12.2. The molecule has 1 aromatic heterocycles. The van der Waals surface area contributed by atoms with Crippen LogP contribution in [0.4, 0.5) is 0 Å². The molecular weight excluding hydrogens is 340 g/mol. The number of benzene rings is 1. The largest absolute Gasteiger partial charge is 0.368 e. The summed E-state index contributed by atoms with van der Waals surface area (Å²) in [5.74, 6) is -1.16. The monoisotopic (exact) mass is 352 g/mol. The van der Waals surface area contributed by atoms with Crippen LogP contribution in [0.2, 0.25) is 0 Å². The van der Waals surface area contributed by atoms with Gasteiger partial charge in [0.25, 0.3) is 16.0 Å². The highest BCUT2D eigenvalue weighted by Gasteiger charge is 2.13. The van der Waals surface area contributed by atoms with Gasteiger partial charge in [0.1, 0.15) is 0 Å². The molecule has 0 aliphatic heterocycles. The Bertz CT molecular complexity index is 954. The number of fused-ring (bicyclic) bond motifs is 1. The van der Waals surface area contributed by atoms with E-state index in [1.807, 2.05) is 18.5 Å². The lowest BCUT2D eigenvalue weighted by Gasteiger charge is -2.01. The van der Waals surface area contributed by atoms with Crippen molar-refractivity contribution < 1.29 is 17.5 Å². The van der Waals surface area contributed by atoms with E-state index in [0.29, 0.717) is 10.9 Å². The fourth-order valence-electron chi connectivity index (χ4n) is 1.78. The van der Waals surface area contributed by atoms with Crippen LogP contribution >= 0.6 is 11.3 Å². The number of nitrogens with zero attached hydrogens (tertiary/aromatic N) is 2. The molecule has 3 N–H and O–H groups in total. The summed E-state index contributed by atoms with van der Waals surface area (Å²) in [6.45, 7) is 1.85. The molecule has 0 bridgehead atoms. The quantitative estimate of drug-likeness (QED) is 0.478. The molecule has 120 valence electrons. The summed E-state index contributed by atoms with van der Waals surface area (Å²) in [5, 5.41) is 9.79. The van der Waals surface area contributed by atoms with Gasteiger partial charge < -0.3 is 5.73 Å². The standard InChI is InChI=1S/C13H12N4O4S2/c1-7-3-8(6-14)9-5-11(22-10(9)4-7)12(18)16-13(15)17-21-23(2,19)20/h3-5H,1-2H3,(H3,15,16,17,18). The van der Waals surface area contributed by atoms with Crippen LogP contribution in [0.5, 0.6) is 0 Å². The number of guanidine groups is 1. The molecule has 23 heavy (non-hydrogen) atoms. The van der Waals surface area contributed by atoms with Crippen LogP contribution in [-0.2, 0) is 14.4 Å². The summed E-state index contributed by atoms with van der Waals surface area (Å²) >= 11 is 1.16. The van der Waals surface area contributed by atoms with Crippen LogP contribution in [0.25, 0.3) is 10.1 Å². The number of aryl methyl sites for hydroxylation is 1. The lowest BCUT2D eigenvalue weighted by atomic mass is 10.1. The molecule has 10 heteroatoms. The minimum Gasteiger partial charge on any atom is -0.368 e. The fraction of sp³-hybridized carbons (Fsp3) is 0.154. The predicted molar refractivity (Wildman–Crippen MR) is 86.3 cm³/mol. The number of rotatable bonds is 3. The van der Waals surface area contributed by atoms with E-state index in [1.54, 1.807) is 12.1 Å². The minimum absolute atomic E-state index is 0.270. The zero-order chi connectivity index (χ0) is 17.2. The highest BCUT2D eigenvalue weighted by Crippen LogP contribution is 2.30. The highest BCUT2D eigenvalue weighted by molar-refractivity contribution is 7.85. The number of nitriles is 1. The second-order valence-corrected chi connectivity index (χ2v) is 7.30. The van der Waals surface area contributed by atoms with Crippen LogP contribution in [0.3, 0.4) is 0 Å². The van der Waals surface area contributed by atoms with Crippen molar-refractivity contribution in [3.8, 4) is 6.07 Å². The Morgan fingerprint density at radius 2 is 2.13 bits per heavy atom. The number of carbonyl (C=O) groups excluding carboxylic acids is 1. The Morgan fingerprint density at radius 3 is 2.74 bits per heavy atom. The Balaban J connectivity index is 2.30. The van der Waals surface area contributed by atoms with Gasteiger partial charge in [-0.15, -0.1) is 15.6 Å². The summed E-state index contributed by atoms with van der Waals surface area (Å²) in [4.78, 5) is 15.8. The van der Waals surface area contributed by atoms with Crippen LogP contribution in [0.15, 0.2) is 23.2 Å². The summed E-state index contributed by atoms with van der Waals surface area (Å²) in [7, 11) is -3.77. The van der Waals surface area contributed by atoms with Crippen LogP contribution in [0.1, 0.15) is 20.8 Å². The second-order valence-electron chi connectivity index (χ2n) is 4.64. The average Bonchev–Trinajstić information content (AvgIpc) is 2.87. The van der Waals surface area contributed by atoms with Gasteiger partial charge in [0.15, 0.2) is 0 Å². The summed E-state index contributed by atoms with van der Waals surface area (Å²) < 4.78 is 26.6. The average molecular weight is 352 g/mol. The molecule has 0 saturated heterocycles. The van der Waals surface area contributed by atoms with Gasteiger partial charge in [-0.3, -0.25) is 4.79 Å². The number of hydrogen-bond acceptors (Lipinski definition) is 6. The maximum Gasteiger partial charge on any atom is 0.290 e. The SMILES string of the molecule is Cc1cc(C#N)c2cc(C(=O)N=C(N)NOS(C)(=O)=O)sc2c1. The van der Waals surface area contributed by atoms with Gasteiger partial charge in [0.2, 0.25) is 5.96 Å². The van der Waals surface area contributed by atoms with Gasteiger partial charge in [0.05, 0.1) is 22.8 Å². The molecule has 2 rings (SSSR count). The smallest absolute Gasteiger partial charge is 0.290 e. The van der Waals surface area contributed by atoms with E-state index in [0.717, 1.165) is 27.9 Å². The van der Waals surface area contributed by atoms with E-state index >= 15 is 0 Å². The zero-order valence-corrected chi connectivity index (χ0v) is 13.8. The Hall–Kier alpha value is -2.48. The number of nitrogens with one attached hydrogen (secondary N) is 1. The van der Waals surface area contributed by atoms with Crippen molar-refractivity contribution in [1.29, 1.82) is 5.26 Å². The first kappa shape index (κ1) is 16.9. The molecule has 0 aliphatic rings. The number of hydroxylamine groups is 1. The van der Waals surface area contributed by atoms with E-state index in [4.69, 9.17) is 11.0 Å². The van der Waals surface area contributed by atoms with Crippen molar-refractivity contribution in [3.05, 3.63) is 34.2 Å². The first-order valence-corrected chi connectivity index (χ1v) is 8.80. The van der Waals surface area contributed by atoms with Gasteiger partial charge in [-0.05, 0) is 30.7 Å². The second kappa shape index (κ2) is 6.33. The van der Waals surface area contributed by atoms with Crippen molar-refractivity contribution in [2.75, 3.05) is 6.26 Å². The van der Waals surface area contributed by atoms with E-state index in [1.165, 1.54) is 0 Å². The lowest BCUT2D eigenvalue weighted by Crippen LogP contribution is -2.34. The Labute approximate surface area is 136 Å². The molecule has 0 saturated carbocycles. The van der Waals surface area contributed by atoms with E-state index in [2.05, 4.69) is 15.3 Å². The Kier molecular flexibility index (Phi) is 4.65. The minimum atomic E-state index is -3.77. The van der Waals surface area contributed by atoms with E-state index in [-0.39, 0.29) is 4.88 Å². The molecule has 8 nitrogen and oxygen atoms in total. The van der Waals surface area contributed by atoms with Crippen molar-refractivity contribution in [2.24, 2.45) is 10.7 Å². The van der Waals surface area contributed by atoms with Gasteiger partial charge in [-0.2, -0.15) is 18.7 Å². The van der Waals surface area contributed by atoms with Crippen LogP contribution in [0, 0.1) is 18.3 Å². The Morgan fingerprint density at radius 1 is 1.43 bits per heavy atom. The van der Waals surface area contributed by atoms with Crippen molar-refractivity contribution in [3.63, 3.8) is 0 Å². The van der Waals surface area contributed by atoms with Crippen LogP contribution < -0.4 is 11.2 Å². The molecule has 1 heterocycles. The maximum absolute atomic E-state index is 12.0. The van der Waals surface area contributed by atoms with Crippen LogP contribution in [-0.4, -0.2) is 26.5 Å². The van der Waals surface area contributed by atoms with E-state index in [9.17, 15) is 13.2 Å². The molecule has 0 atom stereocenters. The number of carbonyl (C=O) groups is 1. The van der Waals surface area contributed by atoms with Crippen molar-refractivity contribution in [2.45, 2.75) is 6.92 Å². The number of amides is 1. The molecule has 1 aromatic carbocycles. The molecule has 0 spiro atoms. The highest BCUT2D eigenvalue weighted by atomic mass is 32.2. The summed E-state index contributed by atoms with van der Waals surface area (Å²) in [6.07, 6.45) is 0.812. The number of aliphatic imine (C=N–C) groups is 1. The summed E-state index contributed by atoms with van der Waals surface area (Å²) in [6, 6.07) is 7.21. The molecule has 0 aliphatic carbocycles. The normalized spacial score (nSPS) is 12.1. The first-order chi connectivity index (χ1) is 10.7. The molecule has 1 amide bonds. The van der Waals surface area contributed by atoms with Gasteiger partial charge in [-0.1, -0.05) is 0 Å². The van der Waals surface area contributed by atoms with Crippen molar-refractivity contribution in [1.82, 2.24) is 5.48 Å². The fourth-order valence-corrected chi connectivity index (χ4v) is 3.09. The topological polar surface area (TPSA) is 135 Å². The van der Waals surface area contributed by atoms with Gasteiger partial charge >= 0.3 is 0 Å². The summed E-state index contributed by atoms with van der Waals surface area (Å²) in [5.41, 5.74) is 8.60. The van der Waals surface area contributed by atoms with Gasteiger partial charge in [-0.25, -0.2) is 5.48 Å². The third-order valence-corrected chi connectivity index (χ3v) is 4.09.